The van der Waals surface area contributed by atoms with E-state index in [1.807, 2.05) is 90.5 Å². The van der Waals surface area contributed by atoms with Crippen LogP contribution in [0.2, 0.25) is 0 Å². The van der Waals surface area contributed by atoms with Gasteiger partial charge in [-0.1, -0.05) is 82.3 Å². The molecule has 1 heterocycles. The zero-order valence-electron chi connectivity index (χ0n) is 18.4. The average molecular weight is 536 g/mol. The second-order valence-corrected chi connectivity index (χ2v) is 9.13. The van der Waals surface area contributed by atoms with Crippen molar-refractivity contribution in [2.45, 2.75) is 11.8 Å². The SMILES string of the molecule is Cn1c(SCC(=O)N/N=C/c2ccccc2OCc2cccc(Br)c2)nnc1-c1ccccc1. The highest BCUT2D eigenvalue weighted by molar-refractivity contribution is 9.10. The van der Waals surface area contributed by atoms with Crippen LogP contribution in [0.15, 0.2) is 93.6 Å². The molecule has 172 valence electrons. The number of carbonyl (C=O) groups is 1. The fraction of sp³-hybridized carbons (Fsp3) is 0.120. The average Bonchev–Trinajstić information content (AvgIpc) is 3.23. The third kappa shape index (κ3) is 6.33. The van der Waals surface area contributed by atoms with Gasteiger partial charge in [-0.05, 0) is 29.8 Å². The Balaban J connectivity index is 1.30. The number of hydrazone groups is 1. The van der Waals surface area contributed by atoms with E-state index in [9.17, 15) is 4.79 Å². The van der Waals surface area contributed by atoms with Crippen LogP contribution >= 0.6 is 27.7 Å². The summed E-state index contributed by atoms with van der Waals surface area (Å²) >= 11 is 4.77. The first-order valence-corrected chi connectivity index (χ1v) is 12.2. The van der Waals surface area contributed by atoms with E-state index in [2.05, 4.69) is 36.7 Å². The second-order valence-electron chi connectivity index (χ2n) is 7.27. The molecule has 0 bridgehead atoms. The standard InChI is InChI=1S/C25H22BrN5O2S/c1-31-24(19-9-3-2-4-10-19)29-30-25(31)34-17-23(32)28-27-15-20-11-5-6-13-22(20)33-16-18-8-7-12-21(26)14-18/h2-15H,16-17H2,1H3,(H,28,32)/b27-15+. The van der Waals surface area contributed by atoms with Gasteiger partial charge in [0.05, 0.1) is 12.0 Å². The zero-order chi connectivity index (χ0) is 23.8. The summed E-state index contributed by atoms with van der Waals surface area (Å²) < 4.78 is 8.82. The number of carbonyl (C=O) groups excluding carboxylic acids is 1. The minimum atomic E-state index is -0.238. The number of hydrogen-bond donors (Lipinski definition) is 1. The number of halogens is 1. The molecular weight excluding hydrogens is 514 g/mol. The molecule has 0 atom stereocenters. The molecule has 0 aliphatic heterocycles. The van der Waals surface area contributed by atoms with Crippen LogP contribution in [0, 0.1) is 0 Å². The Labute approximate surface area is 210 Å². The molecule has 1 aromatic heterocycles. The summed E-state index contributed by atoms with van der Waals surface area (Å²) in [5.41, 5.74) is 5.35. The zero-order valence-corrected chi connectivity index (χ0v) is 20.8. The van der Waals surface area contributed by atoms with E-state index in [1.54, 1.807) is 6.21 Å². The van der Waals surface area contributed by atoms with Gasteiger partial charge in [0, 0.05) is 22.6 Å². The Morgan fingerprint density at radius 1 is 1.09 bits per heavy atom. The maximum Gasteiger partial charge on any atom is 0.250 e. The van der Waals surface area contributed by atoms with E-state index >= 15 is 0 Å². The van der Waals surface area contributed by atoms with Crippen LogP contribution in [0.25, 0.3) is 11.4 Å². The third-order valence-electron chi connectivity index (χ3n) is 4.79. The van der Waals surface area contributed by atoms with Gasteiger partial charge < -0.3 is 9.30 Å². The highest BCUT2D eigenvalue weighted by atomic mass is 79.9. The Morgan fingerprint density at radius 2 is 1.88 bits per heavy atom. The summed E-state index contributed by atoms with van der Waals surface area (Å²) in [6.07, 6.45) is 1.58. The van der Waals surface area contributed by atoms with Gasteiger partial charge in [0.15, 0.2) is 11.0 Å². The quantitative estimate of drug-likeness (QED) is 0.184. The van der Waals surface area contributed by atoms with Crippen LogP contribution in [-0.2, 0) is 18.4 Å². The van der Waals surface area contributed by atoms with Crippen molar-refractivity contribution in [3.05, 3.63) is 94.5 Å². The van der Waals surface area contributed by atoms with Crippen LogP contribution in [0.3, 0.4) is 0 Å². The van der Waals surface area contributed by atoms with Gasteiger partial charge in [-0.25, -0.2) is 5.43 Å². The van der Waals surface area contributed by atoms with E-state index in [4.69, 9.17) is 4.74 Å². The lowest BCUT2D eigenvalue weighted by molar-refractivity contribution is -0.118. The van der Waals surface area contributed by atoms with Crippen molar-refractivity contribution in [3.8, 4) is 17.1 Å². The van der Waals surface area contributed by atoms with Crippen LogP contribution < -0.4 is 10.2 Å². The van der Waals surface area contributed by atoms with Gasteiger partial charge >= 0.3 is 0 Å². The molecule has 0 aliphatic carbocycles. The lowest BCUT2D eigenvalue weighted by Crippen LogP contribution is -2.20. The number of rotatable bonds is 9. The summed E-state index contributed by atoms with van der Waals surface area (Å²) in [6, 6.07) is 25.3. The molecule has 0 radical (unpaired) electrons. The molecule has 34 heavy (non-hydrogen) atoms. The fourth-order valence-electron chi connectivity index (χ4n) is 3.12. The summed E-state index contributed by atoms with van der Waals surface area (Å²) in [5, 5.41) is 13.2. The Morgan fingerprint density at radius 3 is 2.71 bits per heavy atom. The van der Waals surface area contributed by atoms with E-state index < -0.39 is 0 Å². The highest BCUT2D eigenvalue weighted by Crippen LogP contribution is 2.22. The van der Waals surface area contributed by atoms with Crippen molar-refractivity contribution in [1.82, 2.24) is 20.2 Å². The topological polar surface area (TPSA) is 81.4 Å². The van der Waals surface area contributed by atoms with Crippen LogP contribution in [0.1, 0.15) is 11.1 Å². The van der Waals surface area contributed by atoms with Crippen molar-refractivity contribution >= 4 is 39.8 Å². The Kier molecular flexibility index (Phi) is 8.11. The number of hydrogen-bond acceptors (Lipinski definition) is 6. The van der Waals surface area contributed by atoms with Gasteiger partial charge in [-0.2, -0.15) is 5.10 Å². The summed E-state index contributed by atoms with van der Waals surface area (Å²) in [7, 11) is 1.88. The molecule has 4 aromatic rings. The molecule has 1 N–H and O–H groups in total. The number of amides is 1. The Bertz CT molecular complexity index is 1290. The minimum Gasteiger partial charge on any atom is -0.488 e. The van der Waals surface area contributed by atoms with E-state index in [1.165, 1.54) is 11.8 Å². The molecule has 0 saturated carbocycles. The summed E-state index contributed by atoms with van der Waals surface area (Å²) in [6.45, 7) is 0.427. The first-order chi connectivity index (χ1) is 16.6. The fourth-order valence-corrected chi connectivity index (χ4v) is 4.27. The van der Waals surface area contributed by atoms with Crippen LogP contribution in [0.4, 0.5) is 0 Å². The predicted molar refractivity (Wildman–Crippen MR) is 138 cm³/mol. The lowest BCUT2D eigenvalue weighted by atomic mass is 10.2. The van der Waals surface area contributed by atoms with Gasteiger partial charge in [0.1, 0.15) is 12.4 Å². The molecule has 0 saturated heterocycles. The molecule has 0 aliphatic rings. The minimum absolute atomic E-state index is 0.166. The molecule has 0 spiro atoms. The first-order valence-electron chi connectivity index (χ1n) is 10.5. The number of aromatic nitrogens is 3. The summed E-state index contributed by atoms with van der Waals surface area (Å²) in [5.74, 6) is 1.36. The lowest BCUT2D eigenvalue weighted by Gasteiger charge is -2.09. The number of para-hydroxylation sites is 1. The van der Waals surface area contributed by atoms with Crippen molar-refractivity contribution in [3.63, 3.8) is 0 Å². The normalized spacial score (nSPS) is 11.0. The second kappa shape index (κ2) is 11.6. The molecular formula is C25H22BrN5O2S. The molecule has 1 amide bonds. The first kappa shape index (κ1) is 23.7. The molecule has 7 nitrogen and oxygen atoms in total. The van der Waals surface area contributed by atoms with Gasteiger partial charge in [-0.15, -0.1) is 10.2 Å². The van der Waals surface area contributed by atoms with Gasteiger partial charge in [0.2, 0.25) is 0 Å². The van der Waals surface area contributed by atoms with Crippen molar-refractivity contribution in [2.75, 3.05) is 5.75 Å². The van der Waals surface area contributed by atoms with E-state index in [0.29, 0.717) is 17.5 Å². The van der Waals surface area contributed by atoms with Crippen LogP contribution in [-0.4, -0.2) is 32.6 Å². The maximum absolute atomic E-state index is 12.3. The largest absolute Gasteiger partial charge is 0.488 e. The van der Waals surface area contributed by atoms with Gasteiger partial charge in [-0.3, -0.25) is 4.79 Å². The molecule has 3 aromatic carbocycles. The summed E-state index contributed by atoms with van der Waals surface area (Å²) in [4.78, 5) is 12.3. The highest BCUT2D eigenvalue weighted by Gasteiger charge is 2.12. The molecule has 0 fully saturated rings. The van der Waals surface area contributed by atoms with E-state index in [-0.39, 0.29) is 11.7 Å². The molecule has 0 unspecified atom stereocenters. The van der Waals surface area contributed by atoms with Gasteiger partial charge in [0.25, 0.3) is 5.91 Å². The van der Waals surface area contributed by atoms with Crippen LogP contribution in [0.5, 0.6) is 5.75 Å². The van der Waals surface area contributed by atoms with Crippen molar-refractivity contribution in [1.29, 1.82) is 0 Å². The Hall–Kier alpha value is -3.43. The number of nitrogens with zero attached hydrogens (tertiary/aromatic N) is 4. The van der Waals surface area contributed by atoms with Crippen molar-refractivity contribution < 1.29 is 9.53 Å². The monoisotopic (exact) mass is 535 g/mol. The third-order valence-corrected chi connectivity index (χ3v) is 6.31. The molecule has 9 heteroatoms. The number of nitrogens with one attached hydrogen (secondary N) is 1. The number of ether oxygens (including phenoxy) is 1. The smallest absolute Gasteiger partial charge is 0.250 e. The maximum atomic E-state index is 12.3. The number of thioether (sulfide) groups is 1. The van der Waals surface area contributed by atoms with E-state index in [0.717, 1.165) is 27.0 Å². The predicted octanol–water partition coefficient (Wildman–Crippen LogP) is 5.07. The number of benzene rings is 3. The van der Waals surface area contributed by atoms with Crippen molar-refractivity contribution in [2.24, 2.45) is 12.1 Å². The molecule has 4 rings (SSSR count).